The Morgan fingerprint density at radius 1 is 1.47 bits per heavy atom. The van der Waals surface area contributed by atoms with E-state index in [1.54, 1.807) is 10.9 Å². The largest absolute Gasteiger partial charge is 0.325 e. The number of nitrogens with zero attached hydrogens (tertiary/aromatic N) is 4. The Bertz CT molecular complexity index is 449. The van der Waals surface area contributed by atoms with Crippen LogP contribution in [0.2, 0.25) is 0 Å². The first-order valence-electron chi connectivity index (χ1n) is 4.79. The minimum atomic E-state index is 0.418. The lowest BCUT2D eigenvalue weighted by molar-refractivity contribution is 0.635. The second-order valence-corrected chi connectivity index (χ2v) is 3.38. The smallest absolute Gasteiger partial charge is 0.0962 e. The van der Waals surface area contributed by atoms with Crippen molar-refractivity contribution in [1.29, 1.82) is 0 Å². The predicted octanol–water partition coefficient (Wildman–Crippen LogP) is 0.489. The van der Waals surface area contributed by atoms with Gasteiger partial charge in [0.1, 0.15) is 0 Å². The SMILES string of the molecule is Cc1cccnc1Cn1cc(CN)nn1. The summed E-state index contributed by atoms with van der Waals surface area (Å²) >= 11 is 0. The van der Waals surface area contributed by atoms with Crippen molar-refractivity contribution in [3.05, 3.63) is 41.5 Å². The lowest BCUT2D eigenvalue weighted by Gasteiger charge is -2.02. The fourth-order valence-electron chi connectivity index (χ4n) is 1.35. The Balaban J connectivity index is 2.18. The van der Waals surface area contributed by atoms with Crippen LogP contribution in [0.3, 0.4) is 0 Å². The Labute approximate surface area is 87.9 Å². The van der Waals surface area contributed by atoms with Gasteiger partial charge in [0.15, 0.2) is 0 Å². The van der Waals surface area contributed by atoms with Gasteiger partial charge in [-0.15, -0.1) is 5.10 Å². The normalized spacial score (nSPS) is 10.5. The van der Waals surface area contributed by atoms with Crippen LogP contribution in [0.1, 0.15) is 17.0 Å². The molecular formula is C10H13N5. The van der Waals surface area contributed by atoms with Gasteiger partial charge in [0.05, 0.1) is 24.1 Å². The van der Waals surface area contributed by atoms with Crippen molar-refractivity contribution in [2.24, 2.45) is 5.73 Å². The molecule has 5 nitrogen and oxygen atoms in total. The fraction of sp³-hybridized carbons (Fsp3) is 0.300. The summed E-state index contributed by atoms with van der Waals surface area (Å²) in [6.07, 6.45) is 3.62. The van der Waals surface area contributed by atoms with Gasteiger partial charge >= 0.3 is 0 Å². The molecule has 2 N–H and O–H groups in total. The molecule has 15 heavy (non-hydrogen) atoms. The lowest BCUT2D eigenvalue weighted by atomic mass is 10.2. The summed E-state index contributed by atoms with van der Waals surface area (Å²) in [4.78, 5) is 4.29. The molecule has 2 aromatic rings. The Hall–Kier alpha value is -1.75. The van der Waals surface area contributed by atoms with Gasteiger partial charge in [0.2, 0.25) is 0 Å². The van der Waals surface area contributed by atoms with E-state index in [1.807, 2.05) is 25.3 Å². The fourth-order valence-corrected chi connectivity index (χ4v) is 1.35. The van der Waals surface area contributed by atoms with Crippen molar-refractivity contribution >= 4 is 0 Å². The minimum Gasteiger partial charge on any atom is -0.325 e. The van der Waals surface area contributed by atoms with E-state index in [9.17, 15) is 0 Å². The molecule has 0 unspecified atom stereocenters. The topological polar surface area (TPSA) is 69.6 Å². The lowest BCUT2D eigenvalue weighted by Crippen LogP contribution is -2.04. The maximum Gasteiger partial charge on any atom is 0.0962 e. The van der Waals surface area contributed by atoms with Crippen LogP contribution in [0.5, 0.6) is 0 Å². The molecule has 2 aromatic heterocycles. The second kappa shape index (κ2) is 4.18. The van der Waals surface area contributed by atoms with E-state index in [1.165, 1.54) is 0 Å². The van der Waals surface area contributed by atoms with E-state index in [0.29, 0.717) is 13.1 Å². The van der Waals surface area contributed by atoms with Crippen LogP contribution in [0, 0.1) is 6.92 Å². The van der Waals surface area contributed by atoms with Crippen LogP contribution in [-0.4, -0.2) is 20.0 Å². The molecule has 0 saturated carbocycles. The number of pyridine rings is 1. The summed E-state index contributed by atoms with van der Waals surface area (Å²) in [7, 11) is 0. The highest BCUT2D eigenvalue weighted by Gasteiger charge is 2.02. The molecule has 0 aliphatic heterocycles. The molecule has 0 aliphatic rings. The van der Waals surface area contributed by atoms with Crippen molar-refractivity contribution in [2.75, 3.05) is 0 Å². The quantitative estimate of drug-likeness (QED) is 0.788. The first kappa shape index (κ1) is 9.79. The highest BCUT2D eigenvalue weighted by Crippen LogP contribution is 2.05. The van der Waals surface area contributed by atoms with Crippen molar-refractivity contribution in [2.45, 2.75) is 20.0 Å². The Kier molecular flexibility index (Phi) is 2.73. The van der Waals surface area contributed by atoms with Crippen LogP contribution in [-0.2, 0) is 13.1 Å². The van der Waals surface area contributed by atoms with Crippen molar-refractivity contribution in [1.82, 2.24) is 20.0 Å². The predicted molar refractivity (Wildman–Crippen MR) is 56.0 cm³/mol. The van der Waals surface area contributed by atoms with Crippen LogP contribution in [0.15, 0.2) is 24.5 Å². The number of rotatable bonds is 3. The molecule has 0 aromatic carbocycles. The van der Waals surface area contributed by atoms with Gasteiger partial charge in [-0.2, -0.15) is 0 Å². The standard InChI is InChI=1S/C10H13N5/c1-8-3-2-4-12-10(8)7-15-6-9(5-11)13-14-15/h2-4,6H,5,7,11H2,1H3. The van der Waals surface area contributed by atoms with E-state index < -0.39 is 0 Å². The number of aryl methyl sites for hydroxylation is 1. The third kappa shape index (κ3) is 2.19. The summed E-state index contributed by atoms with van der Waals surface area (Å²) in [5, 5.41) is 7.89. The van der Waals surface area contributed by atoms with Gasteiger partial charge in [-0.1, -0.05) is 11.3 Å². The van der Waals surface area contributed by atoms with Crippen molar-refractivity contribution in [3.8, 4) is 0 Å². The summed E-state index contributed by atoms with van der Waals surface area (Å²) in [6.45, 7) is 3.09. The zero-order valence-electron chi connectivity index (χ0n) is 8.59. The van der Waals surface area contributed by atoms with Crippen LogP contribution >= 0.6 is 0 Å². The number of nitrogens with two attached hydrogens (primary N) is 1. The third-order valence-electron chi connectivity index (χ3n) is 2.22. The number of hydrogen-bond donors (Lipinski definition) is 1. The summed E-state index contributed by atoms with van der Waals surface area (Å²) in [6, 6.07) is 3.95. The van der Waals surface area contributed by atoms with Crippen molar-refractivity contribution in [3.63, 3.8) is 0 Å². The van der Waals surface area contributed by atoms with Gasteiger partial charge in [-0.05, 0) is 18.6 Å². The molecule has 0 fully saturated rings. The number of hydrogen-bond acceptors (Lipinski definition) is 4. The molecule has 0 radical (unpaired) electrons. The minimum absolute atomic E-state index is 0.418. The summed E-state index contributed by atoms with van der Waals surface area (Å²) < 4.78 is 1.75. The molecule has 5 heteroatoms. The highest BCUT2D eigenvalue weighted by atomic mass is 15.4. The molecule has 0 spiro atoms. The van der Waals surface area contributed by atoms with Crippen molar-refractivity contribution < 1.29 is 0 Å². The molecule has 0 aliphatic carbocycles. The molecule has 0 bridgehead atoms. The van der Waals surface area contributed by atoms with Gasteiger partial charge in [-0.25, -0.2) is 4.68 Å². The van der Waals surface area contributed by atoms with Crippen LogP contribution in [0.25, 0.3) is 0 Å². The van der Waals surface area contributed by atoms with E-state index >= 15 is 0 Å². The van der Waals surface area contributed by atoms with Crippen LogP contribution in [0.4, 0.5) is 0 Å². The molecule has 2 rings (SSSR count). The Morgan fingerprint density at radius 3 is 3.00 bits per heavy atom. The van der Waals surface area contributed by atoms with E-state index in [4.69, 9.17) is 5.73 Å². The van der Waals surface area contributed by atoms with Gasteiger partial charge in [0.25, 0.3) is 0 Å². The monoisotopic (exact) mass is 203 g/mol. The third-order valence-corrected chi connectivity index (χ3v) is 2.22. The highest BCUT2D eigenvalue weighted by molar-refractivity contribution is 5.17. The van der Waals surface area contributed by atoms with E-state index in [0.717, 1.165) is 17.0 Å². The van der Waals surface area contributed by atoms with Gasteiger partial charge in [0, 0.05) is 12.7 Å². The molecule has 0 saturated heterocycles. The second-order valence-electron chi connectivity index (χ2n) is 3.38. The summed E-state index contributed by atoms with van der Waals surface area (Å²) in [5.41, 5.74) is 8.41. The van der Waals surface area contributed by atoms with E-state index in [2.05, 4.69) is 15.3 Å². The molecular weight excluding hydrogens is 190 g/mol. The Morgan fingerprint density at radius 2 is 2.33 bits per heavy atom. The average Bonchev–Trinajstić information content (AvgIpc) is 2.69. The number of aromatic nitrogens is 4. The molecule has 78 valence electrons. The van der Waals surface area contributed by atoms with E-state index in [-0.39, 0.29) is 0 Å². The van der Waals surface area contributed by atoms with Gasteiger partial charge < -0.3 is 5.73 Å². The maximum atomic E-state index is 5.45. The first-order valence-corrected chi connectivity index (χ1v) is 4.79. The first-order chi connectivity index (χ1) is 7.29. The van der Waals surface area contributed by atoms with Gasteiger partial charge in [-0.3, -0.25) is 4.98 Å². The van der Waals surface area contributed by atoms with Crippen LogP contribution < -0.4 is 5.73 Å². The molecule has 0 amide bonds. The molecule has 2 heterocycles. The maximum absolute atomic E-state index is 5.45. The zero-order valence-corrected chi connectivity index (χ0v) is 8.59. The summed E-state index contributed by atoms with van der Waals surface area (Å²) in [5.74, 6) is 0. The zero-order chi connectivity index (χ0) is 10.7. The molecule has 0 atom stereocenters. The average molecular weight is 203 g/mol.